The Morgan fingerprint density at radius 1 is 0.889 bits per heavy atom. The second-order valence-electron chi connectivity index (χ2n) is 6.90. The van der Waals surface area contributed by atoms with Crippen LogP contribution in [0.3, 0.4) is 0 Å². The summed E-state index contributed by atoms with van der Waals surface area (Å²) in [5, 5.41) is 4.74. The molecule has 150 valence electrons. The summed E-state index contributed by atoms with van der Waals surface area (Å²) in [5.41, 5.74) is 2.65. The molecule has 0 spiro atoms. The lowest BCUT2D eigenvalue weighted by atomic mass is 9.90. The van der Waals surface area contributed by atoms with Gasteiger partial charge in [0.15, 0.2) is 0 Å². The third kappa shape index (κ3) is 8.19. The van der Waals surface area contributed by atoms with Gasteiger partial charge in [-0.15, -0.1) is 24.8 Å². The van der Waals surface area contributed by atoms with Crippen LogP contribution >= 0.6 is 48.0 Å². The van der Waals surface area contributed by atoms with Gasteiger partial charge in [-0.25, -0.2) is 0 Å². The van der Waals surface area contributed by atoms with E-state index in [4.69, 9.17) is 23.2 Å². The van der Waals surface area contributed by atoms with Gasteiger partial charge in [0.1, 0.15) is 0 Å². The van der Waals surface area contributed by atoms with Gasteiger partial charge in [-0.3, -0.25) is 0 Å². The van der Waals surface area contributed by atoms with Crippen LogP contribution < -0.4 is 5.32 Å². The lowest BCUT2D eigenvalue weighted by Gasteiger charge is -2.32. The topological polar surface area (TPSA) is 15.3 Å². The highest BCUT2D eigenvalue weighted by molar-refractivity contribution is 6.42. The Kier molecular flexibility index (Phi) is 11.7. The van der Waals surface area contributed by atoms with Crippen molar-refractivity contribution >= 4 is 48.0 Å². The summed E-state index contributed by atoms with van der Waals surface area (Å²) >= 11 is 12.0. The molecule has 1 saturated heterocycles. The van der Waals surface area contributed by atoms with Gasteiger partial charge in [0.05, 0.1) is 10.0 Å². The molecule has 3 rings (SSSR count). The maximum atomic E-state index is 6.05. The number of halogens is 4. The average Bonchev–Trinajstić information content (AvgIpc) is 2.64. The van der Waals surface area contributed by atoms with Crippen LogP contribution in [0.4, 0.5) is 0 Å². The average molecular weight is 450 g/mol. The summed E-state index contributed by atoms with van der Waals surface area (Å²) in [7, 11) is 0. The maximum Gasteiger partial charge on any atom is 0.0595 e. The Hall–Kier alpha value is -0.480. The molecule has 2 aromatic rings. The highest BCUT2D eigenvalue weighted by Crippen LogP contribution is 2.23. The number of piperidine rings is 1. The molecule has 0 atom stereocenters. The Bertz CT molecular complexity index is 658. The normalized spacial score (nSPS) is 15.0. The Labute approximate surface area is 185 Å². The zero-order valence-electron chi connectivity index (χ0n) is 15.4. The fraction of sp³-hybridized carbons (Fsp3) is 0.429. The molecule has 6 heteroatoms. The van der Waals surface area contributed by atoms with Gasteiger partial charge in [0.25, 0.3) is 0 Å². The first kappa shape index (κ1) is 24.6. The number of hydrogen-bond donors (Lipinski definition) is 1. The first-order valence-corrected chi connectivity index (χ1v) is 9.87. The van der Waals surface area contributed by atoms with Crippen LogP contribution in [0.15, 0.2) is 48.5 Å². The molecule has 1 aliphatic heterocycles. The smallest absolute Gasteiger partial charge is 0.0595 e. The lowest BCUT2D eigenvalue weighted by Crippen LogP contribution is -2.38. The van der Waals surface area contributed by atoms with Crippen molar-refractivity contribution in [3.05, 3.63) is 69.7 Å². The first-order valence-electron chi connectivity index (χ1n) is 9.11. The summed E-state index contributed by atoms with van der Waals surface area (Å²) in [6.07, 6.45) is 3.84. The fourth-order valence-electron chi connectivity index (χ4n) is 3.48. The van der Waals surface area contributed by atoms with Crippen molar-refractivity contribution in [2.45, 2.75) is 25.8 Å². The van der Waals surface area contributed by atoms with Crippen LogP contribution in [0.2, 0.25) is 10.0 Å². The van der Waals surface area contributed by atoms with Crippen LogP contribution in [-0.2, 0) is 13.0 Å². The van der Waals surface area contributed by atoms with E-state index in [0.717, 1.165) is 25.6 Å². The van der Waals surface area contributed by atoms with Crippen molar-refractivity contribution < 1.29 is 0 Å². The SMILES string of the molecule is Cl.Cl.Clc1ccc(CNCCN2CCC(Cc3ccccc3)CC2)cc1Cl. The molecule has 0 aliphatic carbocycles. The monoisotopic (exact) mass is 448 g/mol. The minimum atomic E-state index is 0. The summed E-state index contributed by atoms with van der Waals surface area (Å²) in [5.74, 6) is 0.836. The molecule has 1 fully saturated rings. The lowest BCUT2D eigenvalue weighted by molar-refractivity contribution is 0.184. The second kappa shape index (κ2) is 12.9. The zero-order chi connectivity index (χ0) is 17.5. The standard InChI is InChI=1S/C21H26Cl2N2.2ClH/c22-20-7-6-19(15-21(20)23)16-24-10-13-25-11-8-18(9-12-25)14-17-4-2-1-3-5-17;;/h1-7,15,18,24H,8-14,16H2;2*1H. The van der Waals surface area contributed by atoms with E-state index in [2.05, 4.69) is 40.5 Å². The van der Waals surface area contributed by atoms with Crippen molar-refractivity contribution in [3.63, 3.8) is 0 Å². The van der Waals surface area contributed by atoms with E-state index in [1.165, 1.54) is 43.5 Å². The van der Waals surface area contributed by atoms with Gasteiger partial charge in [-0.1, -0.05) is 59.6 Å². The number of rotatable bonds is 7. The van der Waals surface area contributed by atoms with E-state index in [1.54, 1.807) is 0 Å². The quantitative estimate of drug-likeness (QED) is 0.530. The van der Waals surface area contributed by atoms with Crippen molar-refractivity contribution in [2.24, 2.45) is 5.92 Å². The highest BCUT2D eigenvalue weighted by Gasteiger charge is 2.18. The Morgan fingerprint density at radius 2 is 1.59 bits per heavy atom. The Balaban J connectivity index is 0.00000182. The molecule has 1 aliphatic rings. The number of nitrogens with zero attached hydrogens (tertiary/aromatic N) is 1. The van der Waals surface area contributed by atoms with E-state index in [-0.39, 0.29) is 24.8 Å². The van der Waals surface area contributed by atoms with Crippen molar-refractivity contribution in [1.29, 1.82) is 0 Å². The molecular weight excluding hydrogens is 422 g/mol. The molecule has 2 nitrogen and oxygen atoms in total. The molecule has 1 heterocycles. The minimum absolute atomic E-state index is 0. The van der Waals surface area contributed by atoms with Crippen LogP contribution in [0.1, 0.15) is 24.0 Å². The molecule has 27 heavy (non-hydrogen) atoms. The summed E-state index contributed by atoms with van der Waals surface area (Å²) in [6.45, 7) is 5.38. The largest absolute Gasteiger partial charge is 0.311 e. The van der Waals surface area contributed by atoms with E-state index in [9.17, 15) is 0 Å². The van der Waals surface area contributed by atoms with Crippen LogP contribution in [-0.4, -0.2) is 31.1 Å². The Morgan fingerprint density at radius 3 is 2.26 bits per heavy atom. The summed E-state index contributed by atoms with van der Waals surface area (Å²) in [4.78, 5) is 2.57. The highest BCUT2D eigenvalue weighted by atomic mass is 35.5. The molecule has 1 N–H and O–H groups in total. The van der Waals surface area contributed by atoms with Crippen molar-refractivity contribution in [1.82, 2.24) is 10.2 Å². The molecule has 0 bridgehead atoms. The van der Waals surface area contributed by atoms with Crippen molar-refractivity contribution in [2.75, 3.05) is 26.2 Å². The van der Waals surface area contributed by atoms with Gasteiger partial charge in [0, 0.05) is 19.6 Å². The predicted molar refractivity (Wildman–Crippen MR) is 122 cm³/mol. The summed E-state index contributed by atoms with van der Waals surface area (Å²) in [6, 6.07) is 16.7. The number of hydrogen-bond acceptors (Lipinski definition) is 2. The first-order chi connectivity index (χ1) is 12.2. The number of benzene rings is 2. The van der Waals surface area contributed by atoms with E-state index in [1.807, 2.05) is 18.2 Å². The van der Waals surface area contributed by atoms with Crippen LogP contribution in [0.5, 0.6) is 0 Å². The third-order valence-electron chi connectivity index (χ3n) is 4.99. The van der Waals surface area contributed by atoms with Gasteiger partial charge < -0.3 is 10.2 Å². The second-order valence-corrected chi connectivity index (χ2v) is 7.71. The fourth-order valence-corrected chi connectivity index (χ4v) is 3.80. The van der Waals surface area contributed by atoms with Gasteiger partial charge in [-0.2, -0.15) is 0 Å². The van der Waals surface area contributed by atoms with E-state index < -0.39 is 0 Å². The zero-order valence-corrected chi connectivity index (χ0v) is 18.5. The number of likely N-dealkylation sites (tertiary alicyclic amines) is 1. The molecule has 0 unspecified atom stereocenters. The van der Waals surface area contributed by atoms with Gasteiger partial charge in [-0.05, 0) is 61.5 Å². The molecule has 0 aromatic heterocycles. The molecule has 0 radical (unpaired) electrons. The predicted octanol–water partition coefficient (Wildman–Crippen LogP) is 5.88. The minimum Gasteiger partial charge on any atom is -0.311 e. The van der Waals surface area contributed by atoms with Gasteiger partial charge >= 0.3 is 0 Å². The third-order valence-corrected chi connectivity index (χ3v) is 5.73. The van der Waals surface area contributed by atoms with E-state index in [0.29, 0.717) is 10.0 Å². The van der Waals surface area contributed by atoms with Gasteiger partial charge in [0.2, 0.25) is 0 Å². The molecule has 2 aromatic carbocycles. The summed E-state index contributed by atoms with van der Waals surface area (Å²) < 4.78 is 0. The van der Waals surface area contributed by atoms with Crippen LogP contribution in [0.25, 0.3) is 0 Å². The molecule has 0 amide bonds. The van der Waals surface area contributed by atoms with Crippen molar-refractivity contribution in [3.8, 4) is 0 Å². The maximum absolute atomic E-state index is 6.05. The van der Waals surface area contributed by atoms with E-state index >= 15 is 0 Å². The molecule has 0 saturated carbocycles. The molecular formula is C21H28Cl4N2. The number of nitrogens with one attached hydrogen (secondary N) is 1. The van der Waals surface area contributed by atoms with Crippen LogP contribution in [0, 0.1) is 5.92 Å².